The van der Waals surface area contributed by atoms with Gasteiger partial charge in [0.15, 0.2) is 11.6 Å². The molecule has 1 aromatic carbocycles. The van der Waals surface area contributed by atoms with Gasteiger partial charge in [-0.25, -0.2) is 15.0 Å². The SMILES string of the molecule is CC#CC(=O)Nc1cc(-c2nncn2C)ccc1Nc1ncc2cc(C)nc(NCC3CCC3)c2n1. The first-order chi connectivity index (χ1) is 17.5. The molecule has 1 aliphatic carbocycles. The van der Waals surface area contributed by atoms with E-state index in [0.717, 1.165) is 34.5 Å². The number of rotatable bonds is 7. The number of pyridine rings is 1. The van der Waals surface area contributed by atoms with Crippen LogP contribution in [0.5, 0.6) is 0 Å². The fourth-order valence-corrected chi connectivity index (χ4v) is 4.12. The third kappa shape index (κ3) is 4.95. The molecular weight excluding hydrogens is 454 g/mol. The first kappa shape index (κ1) is 23.2. The van der Waals surface area contributed by atoms with E-state index < -0.39 is 5.91 Å². The molecule has 1 aliphatic rings. The van der Waals surface area contributed by atoms with Gasteiger partial charge in [-0.2, -0.15) is 0 Å². The number of fused-ring (bicyclic) bond motifs is 1. The Bertz CT molecular complexity index is 1490. The highest BCUT2D eigenvalue weighted by Crippen LogP contribution is 2.31. The maximum Gasteiger partial charge on any atom is 0.300 e. The Morgan fingerprint density at radius 2 is 2.06 bits per heavy atom. The van der Waals surface area contributed by atoms with E-state index in [-0.39, 0.29) is 0 Å². The van der Waals surface area contributed by atoms with Crippen molar-refractivity contribution in [2.75, 3.05) is 22.5 Å². The van der Waals surface area contributed by atoms with E-state index in [2.05, 4.69) is 48.0 Å². The molecule has 3 heterocycles. The standard InChI is InChI=1S/C26H27N9O/c1-4-6-22(36)31-21-12-18(25-34-29-15-35(25)3)9-10-20(21)32-26-28-14-19-11-16(2)30-24(23(19)33-26)27-13-17-7-5-8-17/h9-12,14-15,17H,5,7-8,13H2,1-3H3,(H,27,30)(H,31,36)(H,28,32,33). The molecule has 4 aromatic rings. The summed E-state index contributed by atoms with van der Waals surface area (Å²) in [6.45, 7) is 4.47. The van der Waals surface area contributed by atoms with Crippen LogP contribution in [-0.2, 0) is 11.8 Å². The maximum absolute atomic E-state index is 12.3. The molecule has 0 aliphatic heterocycles. The number of hydrogen-bond acceptors (Lipinski definition) is 8. The molecule has 0 unspecified atom stereocenters. The smallest absolute Gasteiger partial charge is 0.300 e. The number of nitrogens with one attached hydrogen (secondary N) is 3. The third-order valence-electron chi connectivity index (χ3n) is 6.20. The van der Waals surface area contributed by atoms with Crippen LogP contribution < -0.4 is 16.0 Å². The van der Waals surface area contributed by atoms with E-state index >= 15 is 0 Å². The lowest BCUT2D eigenvalue weighted by atomic mass is 9.85. The minimum atomic E-state index is -0.419. The molecule has 0 spiro atoms. The Balaban J connectivity index is 1.48. The van der Waals surface area contributed by atoms with Gasteiger partial charge in [-0.05, 0) is 62.8 Å². The summed E-state index contributed by atoms with van der Waals surface area (Å²) >= 11 is 0. The minimum absolute atomic E-state index is 0.392. The molecule has 0 atom stereocenters. The lowest BCUT2D eigenvalue weighted by molar-refractivity contribution is -0.111. The first-order valence-electron chi connectivity index (χ1n) is 11.9. The molecule has 0 radical (unpaired) electrons. The van der Waals surface area contributed by atoms with Crippen molar-refractivity contribution in [1.29, 1.82) is 0 Å². The van der Waals surface area contributed by atoms with Crippen LogP contribution in [0.3, 0.4) is 0 Å². The summed E-state index contributed by atoms with van der Waals surface area (Å²) in [5.41, 5.74) is 3.59. The van der Waals surface area contributed by atoms with E-state index in [1.54, 1.807) is 24.0 Å². The monoisotopic (exact) mass is 481 g/mol. The molecular formula is C26H27N9O. The quantitative estimate of drug-likeness (QED) is 0.338. The second-order valence-corrected chi connectivity index (χ2v) is 8.90. The number of carbonyl (C=O) groups is 1. The normalized spacial score (nSPS) is 13.0. The molecule has 1 amide bonds. The fourth-order valence-electron chi connectivity index (χ4n) is 4.12. The number of anilines is 4. The van der Waals surface area contributed by atoms with Crippen LogP contribution in [0, 0.1) is 24.7 Å². The number of nitrogens with zero attached hydrogens (tertiary/aromatic N) is 6. The summed E-state index contributed by atoms with van der Waals surface area (Å²) in [5.74, 6) is 7.22. The average molecular weight is 482 g/mol. The Kier molecular flexibility index (Phi) is 6.45. The molecule has 182 valence electrons. The van der Waals surface area contributed by atoms with Gasteiger partial charge in [0.05, 0.1) is 11.4 Å². The van der Waals surface area contributed by atoms with Crippen molar-refractivity contribution < 1.29 is 4.79 Å². The van der Waals surface area contributed by atoms with Crippen molar-refractivity contribution >= 4 is 40.0 Å². The van der Waals surface area contributed by atoms with E-state index in [1.807, 2.05) is 38.2 Å². The van der Waals surface area contributed by atoms with Gasteiger partial charge >= 0.3 is 0 Å². The number of benzene rings is 1. The molecule has 1 saturated carbocycles. The largest absolute Gasteiger partial charge is 0.368 e. The number of aryl methyl sites for hydroxylation is 2. The Labute approximate surface area is 209 Å². The first-order valence-corrected chi connectivity index (χ1v) is 11.9. The van der Waals surface area contributed by atoms with Crippen LogP contribution in [-0.4, -0.2) is 42.2 Å². The topological polar surface area (TPSA) is 123 Å². The van der Waals surface area contributed by atoms with Gasteiger partial charge in [-0.15, -0.1) is 10.2 Å². The van der Waals surface area contributed by atoms with E-state index in [1.165, 1.54) is 19.3 Å². The van der Waals surface area contributed by atoms with Crippen molar-refractivity contribution in [3.8, 4) is 23.2 Å². The van der Waals surface area contributed by atoms with Gasteiger partial charge in [0.25, 0.3) is 5.91 Å². The van der Waals surface area contributed by atoms with E-state index in [9.17, 15) is 4.79 Å². The molecule has 0 saturated heterocycles. The van der Waals surface area contributed by atoms with Crippen molar-refractivity contribution in [3.63, 3.8) is 0 Å². The predicted molar refractivity (Wildman–Crippen MR) is 140 cm³/mol. The van der Waals surface area contributed by atoms with Gasteiger partial charge in [0.2, 0.25) is 5.95 Å². The molecule has 1 fully saturated rings. The molecule has 3 N–H and O–H groups in total. The van der Waals surface area contributed by atoms with Gasteiger partial charge in [0, 0.05) is 36.4 Å². The lowest BCUT2D eigenvalue weighted by Gasteiger charge is -2.25. The zero-order valence-electron chi connectivity index (χ0n) is 20.5. The number of carbonyl (C=O) groups excluding carboxylic acids is 1. The highest BCUT2D eigenvalue weighted by atomic mass is 16.1. The summed E-state index contributed by atoms with van der Waals surface area (Å²) in [5, 5.41) is 18.6. The predicted octanol–water partition coefficient (Wildman–Crippen LogP) is 4.05. The number of amides is 1. The summed E-state index contributed by atoms with van der Waals surface area (Å²) in [7, 11) is 1.86. The second kappa shape index (κ2) is 10.00. The maximum atomic E-state index is 12.3. The average Bonchev–Trinajstić information content (AvgIpc) is 3.25. The van der Waals surface area contributed by atoms with E-state index in [4.69, 9.17) is 4.98 Å². The highest BCUT2D eigenvalue weighted by Gasteiger charge is 2.18. The van der Waals surface area contributed by atoms with Crippen LogP contribution in [0.15, 0.2) is 36.8 Å². The second-order valence-electron chi connectivity index (χ2n) is 8.90. The molecule has 10 nitrogen and oxygen atoms in total. The van der Waals surface area contributed by atoms with E-state index in [0.29, 0.717) is 29.1 Å². The van der Waals surface area contributed by atoms with Crippen LogP contribution in [0.2, 0.25) is 0 Å². The van der Waals surface area contributed by atoms with Crippen molar-refractivity contribution in [1.82, 2.24) is 29.7 Å². The van der Waals surface area contributed by atoms with Crippen molar-refractivity contribution in [2.24, 2.45) is 13.0 Å². The van der Waals surface area contributed by atoms with Crippen molar-refractivity contribution in [3.05, 3.63) is 42.5 Å². The summed E-state index contributed by atoms with van der Waals surface area (Å²) in [6, 6.07) is 7.53. The van der Waals surface area contributed by atoms with Gasteiger partial charge in [0.1, 0.15) is 11.8 Å². The van der Waals surface area contributed by atoms with Crippen LogP contribution >= 0.6 is 0 Å². The summed E-state index contributed by atoms with van der Waals surface area (Å²) < 4.78 is 1.81. The van der Waals surface area contributed by atoms with Crippen LogP contribution in [0.1, 0.15) is 31.9 Å². The Hall–Kier alpha value is -4.52. The zero-order chi connectivity index (χ0) is 25.1. The van der Waals surface area contributed by atoms with Gasteiger partial charge in [-0.1, -0.05) is 12.3 Å². The van der Waals surface area contributed by atoms with Crippen molar-refractivity contribution in [2.45, 2.75) is 33.1 Å². The van der Waals surface area contributed by atoms with Gasteiger partial charge < -0.3 is 20.5 Å². The highest BCUT2D eigenvalue weighted by molar-refractivity contribution is 6.06. The zero-order valence-corrected chi connectivity index (χ0v) is 20.5. The van der Waals surface area contributed by atoms with Crippen LogP contribution in [0.4, 0.5) is 23.1 Å². The number of aromatic nitrogens is 6. The molecule has 36 heavy (non-hydrogen) atoms. The minimum Gasteiger partial charge on any atom is -0.368 e. The van der Waals surface area contributed by atoms with Gasteiger partial charge in [-0.3, -0.25) is 4.79 Å². The van der Waals surface area contributed by atoms with Crippen LogP contribution in [0.25, 0.3) is 22.3 Å². The lowest BCUT2D eigenvalue weighted by Crippen LogP contribution is -2.21. The molecule has 5 rings (SSSR count). The Morgan fingerprint density at radius 1 is 1.19 bits per heavy atom. The molecule has 10 heteroatoms. The summed E-state index contributed by atoms with van der Waals surface area (Å²) in [4.78, 5) is 26.3. The third-order valence-corrected chi connectivity index (χ3v) is 6.20. The number of hydrogen-bond donors (Lipinski definition) is 3. The Morgan fingerprint density at radius 3 is 2.78 bits per heavy atom. The fraction of sp³-hybridized carbons (Fsp3) is 0.308. The molecule has 3 aromatic heterocycles. The molecule has 0 bridgehead atoms. The summed E-state index contributed by atoms with van der Waals surface area (Å²) in [6.07, 6.45) is 7.20.